The van der Waals surface area contributed by atoms with Gasteiger partial charge < -0.3 is 78.1 Å². The molecule has 2 aliphatic heterocycles. The van der Waals surface area contributed by atoms with Crippen molar-refractivity contribution in [1.82, 2.24) is 21.3 Å². The van der Waals surface area contributed by atoms with Crippen LogP contribution < -0.4 is 40.2 Å². The molecule has 2 heterocycles. The minimum atomic E-state index is -1.28. The molecule has 0 aromatic heterocycles. The Morgan fingerprint density at radius 1 is 0.405 bits per heavy atom. The van der Waals surface area contributed by atoms with Crippen LogP contribution in [0.1, 0.15) is 22.3 Å². The molecule has 20 heteroatoms. The Hall–Kier alpha value is -7.92. The van der Waals surface area contributed by atoms with Crippen molar-refractivity contribution in [2.24, 2.45) is 0 Å². The van der Waals surface area contributed by atoms with E-state index in [4.69, 9.17) is 56.8 Å². The van der Waals surface area contributed by atoms with Crippen LogP contribution in [-0.2, 0) is 83.1 Å². The Bertz CT molecular complexity index is 2630. The van der Waals surface area contributed by atoms with E-state index in [0.29, 0.717) is 49.1 Å². The van der Waals surface area contributed by atoms with Gasteiger partial charge >= 0.3 is 11.9 Å². The lowest BCUT2D eigenvalue weighted by Crippen LogP contribution is -2.45. The minimum absolute atomic E-state index is 0.0276. The summed E-state index contributed by atoms with van der Waals surface area (Å²) in [5.74, 6) is -0.914. The summed E-state index contributed by atoms with van der Waals surface area (Å²) in [5, 5.41) is 11.9. The molecule has 6 unspecified atom stereocenters. The van der Waals surface area contributed by atoms with E-state index in [1.54, 1.807) is 48.5 Å². The average molecular weight is 1160 g/mol. The summed E-state index contributed by atoms with van der Waals surface area (Å²) in [6.07, 6.45) is -2.59. The highest BCUT2D eigenvalue weighted by atomic mass is 16.7. The molecule has 6 aromatic rings. The van der Waals surface area contributed by atoms with E-state index in [1.165, 1.54) is 0 Å². The quantitative estimate of drug-likeness (QED) is 0.0221. The van der Waals surface area contributed by atoms with Crippen LogP contribution in [0.25, 0.3) is 0 Å². The van der Waals surface area contributed by atoms with Crippen LogP contribution in [0.4, 0.5) is 0 Å². The van der Waals surface area contributed by atoms with Crippen molar-refractivity contribution in [3.63, 3.8) is 0 Å². The molecular formula is C64H74N4O16. The third-order valence-corrected chi connectivity index (χ3v) is 13.0. The zero-order valence-corrected chi connectivity index (χ0v) is 46.9. The van der Waals surface area contributed by atoms with Gasteiger partial charge in [-0.05, 0) is 70.8 Å². The molecule has 2 saturated heterocycles. The number of hydrogen-bond acceptors (Lipinski definition) is 18. The smallest absolute Gasteiger partial charge is 0.417 e. The van der Waals surface area contributed by atoms with Crippen molar-refractivity contribution >= 4 is 23.8 Å². The average Bonchev–Trinajstić information content (AvgIpc) is 3.63. The Kier molecular flexibility index (Phi) is 26.1. The van der Waals surface area contributed by atoms with Gasteiger partial charge in [0, 0.05) is 52.1 Å². The molecule has 2 aliphatic rings. The lowest BCUT2D eigenvalue weighted by atomic mass is 10.1. The van der Waals surface area contributed by atoms with Gasteiger partial charge in [0.2, 0.25) is 0 Å². The maximum absolute atomic E-state index is 13.6. The highest BCUT2D eigenvalue weighted by Crippen LogP contribution is 2.21. The summed E-state index contributed by atoms with van der Waals surface area (Å²) in [7, 11) is 0. The van der Waals surface area contributed by atoms with E-state index >= 15 is 0 Å². The number of carbonyl (C=O) groups excluding carboxylic acids is 4. The third kappa shape index (κ3) is 23.4. The lowest BCUT2D eigenvalue weighted by molar-refractivity contribution is -0.243. The number of rotatable bonds is 34. The van der Waals surface area contributed by atoms with Crippen LogP contribution >= 0.6 is 0 Å². The van der Waals surface area contributed by atoms with Gasteiger partial charge in [0.1, 0.15) is 48.4 Å². The van der Waals surface area contributed by atoms with Crippen molar-refractivity contribution in [2.45, 2.75) is 63.1 Å². The summed E-state index contributed by atoms with van der Waals surface area (Å²) in [6, 6.07) is 53.5. The first-order chi connectivity index (χ1) is 41.2. The summed E-state index contributed by atoms with van der Waals surface area (Å²) in [5.41, 5.74) is 4.31. The number of hydrogen-bond donors (Lipinski definition) is 4. The molecule has 0 saturated carbocycles. The van der Waals surface area contributed by atoms with Crippen LogP contribution in [0, 0.1) is 0 Å². The van der Waals surface area contributed by atoms with E-state index in [9.17, 15) is 19.2 Å². The third-order valence-electron chi connectivity index (χ3n) is 13.0. The Balaban J connectivity index is 0.788. The Morgan fingerprint density at radius 3 is 1.10 bits per heavy atom. The SMILES string of the molecule is O=C(COc1ccc(OCc2ccccc2)cc1)NCCNCC(COC1COC(Cc2ccccc2)CO1)OC(=O)C(=O)OC(CNCCNC(=O)COc1ccc(OCc2ccccc2)cc1)COC1COC(Cc2ccccc2)CO1. The van der Waals surface area contributed by atoms with Crippen molar-refractivity contribution in [3.05, 3.63) is 192 Å². The molecule has 8 rings (SSSR count). The molecule has 2 amide bonds. The fourth-order valence-electron chi connectivity index (χ4n) is 8.58. The number of esters is 2. The number of carbonyl (C=O) groups is 4. The minimum Gasteiger partial charge on any atom is -0.489 e. The molecule has 0 aliphatic carbocycles. The summed E-state index contributed by atoms with van der Waals surface area (Å²) in [4.78, 5) is 52.5. The molecule has 84 heavy (non-hydrogen) atoms. The van der Waals surface area contributed by atoms with Crippen LogP contribution in [0.3, 0.4) is 0 Å². The predicted octanol–water partition coefficient (Wildman–Crippen LogP) is 5.54. The second kappa shape index (κ2) is 35.3. The topological polar surface area (TPSA) is 227 Å². The fourth-order valence-corrected chi connectivity index (χ4v) is 8.58. The molecule has 2 fully saturated rings. The van der Waals surface area contributed by atoms with Gasteiger partial charge in [-0.15, -0.1) is 0 Å². The maximum atomic E-state index is 13.6. The zero-order valence-electron chi connectivity index (χ0n) is 46.9. The Morgan fingerprint density at radius 2 is 0.750 bits per heavy atom. The molecule has 20 nitrogen and oxygen atoms in total. The first kappa shape index (κ1) is 62.1. The largest absolute Gasteiger partial charge is 0.489 e. The predicted molar refractivity (Wildman–Crippen MR) is 308 cm³/mol. The molecular weight excluding hydrogens is 1080 g/mol. The number of amides is 2. The number of ether oxygens (including phenoxy) is 12. The second-order valence-electron chi connectivity index (χ2n) is 19.7. The lowest BCUT2D eigenvalue weighted by Gasteiger charge is -2.31. The van der Waals surface area contributed by atoms with E-state index < -0.39 is 36.7 Å². The summed E-state index contributed by atoms with van der Waals surface area (Å²) >= 11 is 0. The van der Waals surface area contributed by atoms with Gasteiger partial charge in [0.05, 0.1) is 51.8 Å². The fraction of sp³-hybridized carbons (Fsp3) is 0.375. The molecule has 0 bridgehead atoms. The summed E-state index contributed by atoms with van der Waals surface area (Å²) < 4.78 is 70.4. The van der Waals surface area contributed by atoms with Gasteiger partial charge in [-0.25, -0.2) is 9.59 Å². The van der Waals surface area contributed by atoms with Gasteiger partial charge in [0.15, 0.2) is 25.8 Å². The van der Waals surface area contributed by atoms with Crippen LogP contribution in [0.2, 0.25) is 0 Å². The Labute approximate surface area is 489 Å². The van der Waals surface area contributed by atoms with Crippen molar-refractivity contribution in [2.75, 3.05) is 92.1 Å². The van der Waals surface area contributed by atoms with Crippen LogP contribution in [0.15, 0.2) is 170 Å². The van der Waals surface area contributed by atoms with E-state index in [0.717, 1.165) is 22.3 Å². The molecule has 446 valence electrons. The zero-order chi connectivity index (χ0) is 58.2. The van der Waals surface area contributed by atoms with Gasteiger partial charge in [-0.2, -0.15) is 0 Å². The van der Waals surface area contributed by atoms with Crippen molar-refractivity contribution in [1.29, 1.82) is 0 Å². The van der Waals surface area contributed by atoms with Crippen molar-refractivity contribution in [3.8, 4) is 23.0 Å². The highest BCUT2D eigenvalue weighted by molar-refractivity contribution is 6.29. The summed E-state index contributed by atoms with van der Waals surface area (Å²) in [6.45, 7) is 1.87. The van der Waals surface area contributed by atoms with Crippen LogP contribution in [-0.4, -0.2) is 153 Å². The first-order valence-electron chi connectivity index (χ1n) is 28.2. The molecule has 4 N–H and O–H groups in total. The highest BCUT2D eigenvalue weighted by Gasteiger charge is 2.30. The maximum Gasteiger partial charge on any atom is 0.417 e. The molecule has 0 radical (unpaired) electrons. The number of benzene rings is 6. The van der Waals surface area contributed by atoms with Crippen molar-refractivity contribution < 1.29 is 76.0 Å². The standard InChI is InChI=1S/C64H74N4O16/c69-59(43-75-53-25-21-51(22-26-53)73-37-49-17-9-3-10-18-49)67-31-29-65-35-57(41-81-61-45-77-55(39-79-61)33-47-13-5-1-6-14-47)83-63(71)64(72)84-58(42-82-62-46-78-56(40-80-62)34-48-15-7-2-8-16-48)36-66-30-32-68-60(70)44-76-54-27-23-52(24-28-54)74-38-50-19-11-4-12-20-50/h1-28,55-58,61-62,65-66H,29-46H2,(H,67,69)(H,68,70). The van der Waals surface area contributed by atoms with Gasteiger partial charge in [-0.3, -0.25) is 9.59 Å². The molecule has 6 aromatic carbocycles. The van der Waals surface area contributed by atoms with Gasteiger partial charge in [0.25, 0.3) is 11.8 Å². The molecule has 0 spiro atoms. The van der Waals surface area contributed by atoms with E-state index in [-0.39, 0.29) is 116 Å². The van der Waals surface area contributed by atoms with Gasteiger partial charge in [-0.1, -0.05) is 121 Å². The molecule has 6 atom stereocenters. The van der Waals surface area contributed by atoms with Crippen LogP contribution in [0.5, 0.6) is 23.0 Å². The van der Waals surface area contributed by atoms with E-state index in [2.05, 4.69) is 21.3 Å². The second-order valence-corrected chi connectivity index (χ2v) is 19.7. The number of nitrogens with one attached hydrogen (secondary N) is 4. The monoisotopic (exact) mass is 1150 g/mol. The van der Waals surface area contributed by atoms with E-state index in [1.807, 2.05) is 121 Å². The first-order valence-corrected chi connectivity index (χ1v) is 28.2. The normalized spacial score (nSPS) is 17.4.